The van der Waals surface area contributed by atoms with E-state index in [2.05, 4.69) is 10.3 Å². The van der Waals surface area contributed by atoms with Crippen LogP contribution < -0.4 is 5.32 Å². The molecular formula is C14H24N4O3. The Bertz CT molecular complexity index is 505. The number of carboxylic acid groups (broad SMARTS) is 1. The summed E-state index contributed by atoms with van der Waals surface area (Å²) >= 11 is 0. The summed E-state index contributed by atoms with van der Waals surface area (Å²) in [7, 11) is 3.51. The van der Waals surface area contributed by atoms with Crippen molar-refractivity contribution in [1.82, 2.24) is 19.8 Å². The summed E-state index contributed by atoms with van der Waals surface area (Å²) in [6.07, 6.45) is 3.37. The van der Waals surface area contributed by atoms with Crippen molar-refractivity contribution in [2.45, 2.75) is 39.8 Å². The average Bonchev–Trinajstić information content (AvgIpc) is 2.72. The number of nitrogens with one attached hydrogen (secondary N) is 1. The predicted octanol–water partition coefficient (Wildman–Crippen LogP) is 1.45. The fourth-order valence-electron chi connectivity index (χ4n) is 1.84. The van der Waals surface area contributed by atoms with Gasteiger partial charge in [0, 0.05) is 32.5 Å². The Morgan fingerprint density at radius 3 is 2.52 bits per heavy atom. The van der Waals surface area contributed by atoms with Crippen molar-refractivity contribution in [3.8, 4) is 0 Å². The second-order valence-electron chi connectivity index (χ2n) is 6.28. The highest BCUT2D eigenvalue weighted by Crippen LogP contribution is 2.22. The SMILES string of the molecule is CN(Cc1nccn1C)C(=O)NC(CC(=O)O)C(C)(C)C. The molecule has 2 amide bonds. The number of nitrogens with zero attached hydrogens (tertiary/aromatic N) is 3. The van der Waals surface area contributed by atoms with Crippen molar-refractivity contribution in [2.75, 3.05) is 7.05 Å². The van der Waals surface area contributed by atoms with E-state index < -0.39 is 12.0 Å². The highest BCUT2D eigenvalue weighted by Gasteiger charge is 2.29. The number of imidazole rings is 1. The largest absolute Gasteiger partial charge is 0.481 e. The molecule has 0 aliphatic carbocycles. The van der Waals surface area contributed by atoms with Crippen molar-refractivity contribution < 1.29 is 14.7 Å². The van der Waals surface area contributed by atoms with Gasteiger partial charge in [-0.1, -0.05) is 20.8 Å². The minimum Gasteiger partial charge on any atom is -0.481 e. The third-order valence-electron chi connectivity index (χ3n) is 3.37. The van der Waals surface area contributed by atoms with Gasteiger partial charge in [-0.2, -0.15) is 0 Å². The molecule has 0 saturated carbocycles. The van der Waals surface area contributed by atoms with Crippen molar-refractivity contribution in [3.05, 3.63) is 18.2 Å². The van der Waals surface area contributed by atoms with Crippen LogP contribution in [-0.4, -0.2) is 44.6 Å². The molecule has 7 heteroatoms. The zero-order valence-electron chi connectivity index (χ0n) is 13.3. The van der Waals surface area contributed by atoms with E-state index in [1.165, 1.54) is 4.90 Å². The quantitative estimate of drug-likeness (QED) is 0.861. The molecule has 1 rings (SSSR count). The van der Waals surface area contributed by atoms with Crippen LogP contribution in [0.25, 0.3) is 0 Å². The molecule has 1 unspecified atom stereocenters. The number of carboxylic acids is 1. The summed E-state index contributed by atoms with van der Waals surface area (Å²) in [5.41, 5.74) is -0.335. The molecule has 0 aromatic carbocycles. The first-order valence-corrected chi connectivity index (χ1v) is 6.81. The average molecular weight is 296 g/mol. The zero-order chi connectivity index (χ0) is 16.2. The van der Waals surface area contributed by atoms with E-state index in [0.717, 1.165) is 5.82 Å². The number of hydrogen-bond donors (Lipinski definition) is 2. The predicted molar refractivity (Wildman–Crippen MR) is 78.7 cm³/mol. The molecule has 1 heterocycles. The van der Waals surface area contributed by atoms with Crippen molar-refractivity contribution >= 4 is 12.0 Å². The minimum atomic E-state index is -0.929. The fraction of sp³-hybridized carbons (Fsp3) is 0.643. The Hall–Kier alpha value is -2.05. The van der Waals surface area contributed by atoms with Gasteiger partial charge in [0.25, 0.3) is 0 Å². The maximum Gasteiger partial charge on any atom is 0.317 e. The van der Waals surface area contributed by atoms with E-state index in [-0.39, 0.29) is 17.9 Å². The van der Waals surface area contributed by atoms with Gasteiger partial charge in [0.1, 0.15) is 5.82 Å². The number of aromatic nitrogens is 2. The minimum absolute atomic E-state index is 0.106. The first-order chi connectivity index (χ1) is 9.61. The Labute approximate surface area is 125 Å². The monoisotopic (exact) mass is 296 g/mol. The fourth-order valence-corrected chi connectivity index (χ4v) is 1.84. The summed E-state index contributed by atoms with van der Waals surface area (Å²) < 4.78 is 1.84. The van der Waals surface area contributed by atoms with Crippen LogP contribution in [0.15, 0.2) is 12.4 Å². The topological polar surface area (TPSA) is 87.5 Å². The van der Waals surface area contributed by atoms with Gasteiger partial charge >= 0.3 is 12.0 Å². The Morgan fingerprint density at radius 2 is 2.10 bits per heavy atom. The Balaban J connectivity index is 2.68. The lowest BCUT2D eigenvalue weighted by molar-refractivity contribution is -0.138. The highest BCUT2D eigenvalue weighted by atomic mass is 16.4. The van der Waals surface area contributed by atoms with Crippen LogP contribution >= 0.6 is 0 Å². The van der Waals surface area contributed by atoms with Gasteiger partial charge in [-0.05, 0) is 5.41 Å². The first kappa shape index (κ1) is 17.0. The molecule has 2 N–H and O–H groups in total. The molecule has 0 spiro atoms. The van der Waals surface area contributed by atoms with E-state index in [4.69, 9.17) is 5.11 Å². The molecule has 1 atom stereocenters. The third kappa shape index (κ3) is 5.09. The van der Waals surface area contributed by atoms with Gasteiger partial charge in [-0.3, -0.25) is 4.79 Å². The molecule has 0 saturated heterocycles. The lowest BCUT2D eigenvalue weighted by Gasteiger charge is -2.32. The molecule has 1 aromatic heterocycles. The lowest BCUT2D eigenvalue weighted by Crippen LogP contribution is -2.49. The van der Waals surface area contributed by atoms with E-state index >= 15 is 0 Å². The maximum atomic E-state index is 12.2. The Morgan fingerprint density at radius 1 is 1.48 bits per heavy atom. The van der Waals surface area contributed by atoms with Crippen LogP contribution in [-0.2, 0) is 18.4 Å². The summed E-state index contributed by atoms with van der Waals surface area (Å²) in [5, 5.41) is 11.8. The second-order valence-corrected chi connectivity index (χ2v) is 6.28. The first-order valence-electron chi connectivity index (χ1n) is 6.81. The lowest BCUT2D eigenvalue weighted by atomic mass is 9.85. The van der Waals surface area contributed by atoms with Crippen LogP contribution in [0.2, 0.25) is 0 Å². The van der Waals surface area contributed by atoms with Gasteiger partial charge < -0.3 is 19.9 Å². The normalized spacial score (nSPS) is 12.8. The van der Waals surface area contributed by atoms with Gasteiger partial charge in [-0.15, -0.1) is 0 Å². The van der Waals surface area contributed by atoms with Crippen molar-refractivity contribution in [3.63, 3.8) is 0 Å². The molecule has 0 bridgehead atoms. The van der Waals surface area contributed by atoms with Gasteiger partial charge in [-0.25, -0.2) is 9.78 Å². The van der Waals surface area contributed by atoms with Gasteiger partial charge in [0.15, 0.2) is 0 Å². The molecule has 21 heavy (non-hydrogen) atoms. The molecular weight excluding hydrogens is 272 g/mol. The number of rotatable bonds is 5. The number of amides is 2. The van der Waals surface area contributed by atoms with Crippen LogP contribution in [0.5, 0.6) is 0 Å². The maximum absolute atomic E-state index is 12.2. The van der Waals surface area contributed by atoms with E-state index in [9.17, 15) is 9.59 Å². The summed E-state index contributed by atoms with van der Waals surface area (Å²) in [5.74, 6) is -0.167. The van der Waals surface area contributed by atoms with Gasteiger partial charge in [0.05, 0.1) is 13.0 Å². The third-order valence-corrected chi connectivity index (χ3v) is 3.37. The number of aryl methyl sites for hydroxylation is 1. The Kier molecular flexibility index (Phi) is 5.34. The van der Waals surface area contributed by atoms with Crippen molar-refractivity contribution in [2.24, 2.45) is 12.5 Å². The summed E-state index contributed by atoms with van der Waals surface area (Å²) in [4.78, 5) is 28.8. The van der Waals surface area contributed by atoms with E-state index in [1.54, 1.807) is 13.2 Å². The highest BCUT2D eigenvalue weighted by molar-refractivity contribution is 5.75. The molecule has 1 aromatic rings. The number of carbonyl (C=O) groups is 2. The number of urea groups is 1. The van der Waals surface area contributed by atoms with Crippen LogP contribution in [0.3, 0.4) is 0 Å². The van der Waals surface area contributed by atoms with E-state index in [0.29, 0.717) is 6.54 Å². The van der Waals surface area contributed by atoms with E-state index in [1.807, 2.05) is 38.6 Å². The summed E-state index contributed by atoms with van der Waals surface area (Å²) in [6, 6.07) is -0.745. The zero-order valence-corrected chi connectivity index (χ0v) is 13.3. The summed E-state index contributed by atoms with van der Waals surface area (Å²) in [6.45, 7) is 6.07. The molecule has 7 nitrogen and oxygen atoms in total. The number of hydrogen-bond acceptors (Lipinski definition) is 3. The molecule has 0 aliphatic rings. The second kappa shape index (κ2) is 6.60. The number of aliphatic carboxylic acids is 1. The molecule has 0 radical (unpaired) electrons. The molecule has 0 fully saturated rings. The van der Waals surface area contributed by atoms with Crippen LogP contribution in [0, 0.1) is 5.41 Å². The number of carbonyl (C=O) groups excluding carboxylic acids is 1. The van der Waals surface area contributed by atoms with Crippen LogP contribution in [0.1, 0.15) is 33.0 Å². The molecule has 118 valence electrons. The van der Waals surface area contributed by atoms with Crippen LogP contribution in [0.4, 0.5) is 4.79 Å². The van der Waals surface area contributed by atoms with Crippen molar-refractivity contribution in [1.29, 1.82) is 0 Å². The standard InChI is InChI=1S/C14H24N4O3/c1-14(2,3)10(8-12(19)20)16-13(21)18(5)9-11-15-6-7-17(11)4/h6-7,10H,8-9H2,1-5H3,(H,16,21)(H,19,20). The smallest absolute Gasteiger partial charge is 0.317 e. The molecule has 0 aliphatic heterocycles. The van der Waals surface area contributed by atoms with Gasteiger partial charge in [0.2, 0.25) is 0 Å².